The smallest absolute Gasteiger partial charge is 0.326 e. The van der Waals surface area contributed by atoms with Crippen LogP contribution in [-0.2, 0) is 11.3 Å². The van der Waals surface area contributed by atoms with Crippen molar-refractivity contribution >= 4 is 12.0 Å². The number of hydrogen-bond acceptors (Lipinski definition) is 2. The van der Waals surface area contributed by atoms with E-state index in [0.29, 0.717) is 12.0 Å². The third kappa shape index (κ3) is 4.87. The molecule has 110 valence electrons. The first-order valence-electron chi connectivity index (χ1n) is 6.45. The van der Waals surface area contributed by atoms with Gasteiger partial charge in [-0.1, -0.05) is 32.4 Å². The summed E-state index contributed by atoms with van der Waals surface area (Å²) in [5.41, 5.74) is 0.607. The molecule has 3 N–H and O–H groups in total. The highest BCUT2D eigenvalue weighted by atomic mass is 19.1. The molecule has 0 heterocycles. The Kier molecular flexibility index (Phi) is 5.96. The van der Waals surface area contributed by atoms with Crippen LogP contribution in [0.5, 0.6) is 0 Å². The molecule has 0 aliphatic heterocycles. The van der Waals surface area contributed by atoms with Crippen molar-refractivity contribution in [1.82, 2.24) is 10.6 Å². The molecule has 0 saturated carbocycles. The van der Waals surface area contributed by atoms with Crippen molar-refractivity contribution < 1.29 is 19.1 Å². The molecule has 0 saturated heterocycles. The second kappa shape index (κ2) is 7.47. The summed E-state index contributed by atoms with van der Waals surface area (Å²) in [5.74, 6) is -1.62. The molecule has 0 bridgehead atoms. The Hall–Kier alpha value is -2.11. The fourth-order valence-corrected chi connectivity index (χ4v) is 1.70. The first kappa shape index (κ1) is 15.9. The van der Waals surface area contributed by atoms with Gasteiger partial charge in [-0.2, -0.15) is 0 Å². The molecule has 2 amide bonds. The Balaban J connectivity index is 2.52. The number of hydrogen-bond donors (Lipinski definition) is 3. The minimum atomic E-state index is -1.07. The van der Waals surface area contributed by atoms with Gasteiger partial charge in [0.15, 0.2) is 0 Å². The molecule has 6 heteroatoms. The third-order valence-electron chi connectivity index (χ3n) is 3.11. The van der Waals surface area contributed by atoms with Crippen LogP contribution in [-0.4, -0.2) is 23.1 Å². The van der Waals surface area contributed by atoms with Gasteiger partial charge < -0.3 is 15.7 Å². The molecular weight excluding hydrogens is 263 g/mol. The van der Waals surface area contributed by atoms with E-state index in [-0.39, 0.29) is 18.3 Å². The number of carboxylic acids is 1. The van der Waals surface area contributed by atoms with Gasteiger partial charge in [0.05, 0.1) is 0 Å². The Bertz CT molecular complexity index is 479. The highest BCUT2D eigenvalue weighted by Crippen LogP contribution is 2.08. The van der Waals surface area contributed by atoms with E-state index in [1.54, 1.807) is 19.1 Å². The van der Waals surface area contributed by atoms with Crippen molar-refractivity contribution in [3.63, 3.8) is 0 Å². The van der Waals surface area contributed by atoms with Crippen LogP contribution in [0.1, 0.15) is 25.8 Å². The Morgan fingerprint density at radius 1 is 1.40 bits per heavy atom. The van der Waals surface area contributed by atoms with E-state index < -0.39 is 18.0 Å². The van der Waals surface area contributed by atoms with E-state index in [9.17, 15) is 14.0 Å². The Morgan fingerprint density at radius 2 is 2.10 bits per heavy atom. The van der Waals surface area contributed by atoms with E-state index >= 15 is 0 Å². The maximum Gasteiger partial charge on any atom is 0.326 e. The number of carbonyl (C=O) groups excluding carboxylic acids is 1. The molecule has 20 heavy (non-hydrogen) atoms. The predicted octanol–water partition coefficient (Wildman–Crippen LogP) is 2.12. The first-order valence-corrected chi connectivity index (χ1v) is 6.45. The summed E-state index contributed by atoms with van der Waals surface area (Å²) in [6.45, 7) is 3.75. The molecule has 5 nitrogen and oxygen atoms in total. The van der Waals surface area contributed by atoms with Crippen LogP contribution in [0.25, 0.3) is 0 Å². The number of amides is 2. The van der Waals surface area contributed by atoms with Crippen molar-refractivity contribution in [3.05, 3.63) is 35.6 Å². The van der Waals surface area contributed by atoms with Crippen LogP contribution in [0, 0.1) is 11.7 Å². The normalized spacial score (nSPS) is 13.3. The topological polar surface area (TPSA) is 78.4 Å². The molecule has 0 aliphatic rings. The van der Waals surface area contributed by atoms with Crippen molar-refractivity contribution in [3.8, 4) is 0 Å². The molecule has 1 aromatic rings. The van der Waals surface area contributed by atoms with Crippen molar-refractivity contribution in [2.75, 3.05) is 0 Å². The second-order valence-electron chi connectivity index (χ2n) is 4.66. The SMILES string of the molecule is CCC(C)C(NC(=O)NCc1cccc(F)c1)C(=O)O. The molecule has 0 aromatic heterocycles. The van der Waals surface area contributed by atoms with Gasteiger partial charge in [-0.3, -0.25) is 0 Å². The third-order valence-corrected chi connectivity index (χ3v) is 3.11. The molecule has 0 fully saturated rings. The zero-order valence-corrected chi connectivity index (χ0v) is 11.5. The zero-order valence-electron chi connectivity index (χ0n) is 11.5. The number of urea groups is 1. The number of aliphatic carboxylic acids is 1. The predicted molar refractivity (Wildman–Crippen MR) is 72.7 cm³/mol. The van der Waals surface area contributed by atoms with Gasteiger partial charge in [0, 0.05) is 6.54 Å². The van der Waals surface area contributed by atoms with Gasteiger partial charge in [0.25, 0.3) is 0 Å². The van der Waals surface area contributed by atoms with Gasteiger partial charge in [-0.25, -0.2) is 14.0 Å². The second-order valence-corrected chi connectivity index (χ2v) is 4.66. The van der Waals surface area contributed by atoms with Crippen molar-refractivity contribution in [2.45, 2.75) is 32.9 Å². The molecule has 1 aromatic carbocycles. The summed E-state index contributed by atoms with van der Waals surface area (Å²) in [6, 6.07) is 4.32. The van der Waals surface area contributed by atoms with Crippen LogP contribution >= 0.6 is 0 Å². The molecular formula is C14H19FN2O3. The summed E-state index contributed by atoms with van der Waals surface area (Å²) in [6.07, 6.45) is 0.640. The van der Waals surface area contributed by atoms with E-state index in [1.165, 1.54) is 12.1 Å². The van der Waals surface area contributed by atoms with Gasteiger partial charge in [0.1, 0.15) is 11.9 Å². The number of nitrogens with one attached hydrogen (secondary N) is 2. The monoisotopic (exact) mass is 282 g/mol. The Morgan fingerprint density at radius 3 is 2.65 bits per heavy atom. The van der Waals surface area contributed by atoms with Gasteiger partial charge in [-0.05, 0) is 23.6 Å². The average molecular weight is 282 g/mol. The van der Waals surface area contributed by atoms with E-state index in [4.69, 9.17) is 5.11 Å². The van der Waals surface area contributed by atoms with Gasteiger partial charge >= 0.3 is 12.0 Å². The molecule has 0 spiro atoms. The largest absolute Gasteiger partial charge is 0.480 e. The fourth-order valence-electron chi connectivity index (χ4n) is 1.70. The summed E-state index contributed by atoms with van der Waals surface area (Å²) in [4.78, 5) is 22.7. The fraction of sp³-hybridized carbons (Fsp3) is 0.429. The highest BCUT2D eigenvalue weighted by molar-refractivity contribution is 5.82. The standard InChI is InChI=1S/C14H19FN2O3/c1-3-9(2)12(13(18)19)17-14(20)16-8-10-5-4-6-11(15)7-10/h4-7,9,12H,3,8H2,1-2H3,(H,18,19)(H2,16,17,20). The Labute approximate surface area is 117 Å². The first-order chi connectivity index (χ1) is 9.43. The van der Waals surface area contributed by atoms with Gasteiger partial charge in [-0.15, -0.1) is 0 Å². The maximum atomic E-state index is 13.0. The lowest BCUT2D eigenvalue weighted by molar-refractivity contribution is -0.140. The summed E-state index contributed by atoms with van der Waals surface area (Å²) < 4.78 is 13.0. The molecule has 0 aliphatic carbocycles. The van der Waals surface area contributed by atoms with Crippen LogP contribution in [0.2, 0.25) is 0 Å². The van der Waals surface area contributed by atoms with Crippen LogP contribution in [0.4, 0.5) is 9.18 Å². The van der Waals surface area contributed by atoms with Crippen LogP contribution in [0.15, 0.2) is 24.3 Å². The zero-order chi connectivity index (χ0) is 15.1. The number of benzene rings is 1. The summed E-state index contributed by atoms with van der Waals surface area (Å²) in [7, 11) is 0. The maximum absolute atomic E-state index is 13.0. The molecule has 1 rings (SSSR count). The summed E-state index contributed by atoms with van der Waals surface area (Å²) >= 11 is 0. The summed E-state index contributed by atoms with van der Waals surface area (Å²) in [5, 5.41) is 14.0. The molecule has 0 radical (unpaired) electrons. The number of rotatable bonds is 6. The number of carboxylic acid groups (broad SMARTS) is 1. The minimum absolute atomic E-state index is 0.135. The van der Waals surface area contributed by atoms with Crippen LogP contribution in [0.3, 0.4) is 0 Å². The minimum Gasteiger partial charge on any atom is -0.480 e. The quantitative estimate of drug-likeness (QED) is 0.748. The lowest BCUT2D eigenvalue weighted by Gasteiger charge is -2.20. The van der Waals surface area contributed by atoms with Crippen LogP contribution < -0.4 is 10.6 Å². The number of halogens is 1. The van der Waals surface area contributed by atoms with Crippen molar-refractivity contribution in [2.24, 2.45) is 5.92 Å². The molecule has 2 atom stereocenters. The van der Waals surface area contributed by atoms with E-state index in [1.807, 2.05) is 6.92 Å². The molecule has 2 unspecified atom stereocenters. The van der Waals surface area contributed by atoms with E-state index in [2.05, 4.69) is 10.6 Å². The highest BCUT2D eigenvalue weighted by Gasteiger charge is 2.24. The van der Waals surface area contributed by atoms with Gasteiger partial charge in [0.2, 0.25) is 0 Å². The van der Waals surface area contributed by atoms with E-state index in [0.717, 1.165) is 0 Å². The number of carbonyl (C=O) groups is 2. The van der Waals surface area contributed by atoms with Crippen molar-refractivity contribution in [1.29, 1.82) is 0 Å². The lowest BCUT2D eigenvalue weighted by atomic mass is 9.99. The average Bonchev–Trinajstić information content (AvgIpc) is 2.41. The lowest BCUT2D eigenvalue weighted by Crippen LogP contribution is -2.48.